The van der Waals surface area contributed by atoms with Crippen LogP contribution in [-0.2, 0) is 0 Å². The van der Waals surface area contributed by atoms with E-state index in [0.29, 0.717) is 6.04 Å². The molecule has 1 N–H and O–H groups in total. The van der Waals surface area contributed by atoms with Gasteiger partial charge in [0.2, 0.25) is 0 Å². The Morgan fingerprint density at radius 1 is 1.00 bits per heavy atom. The molecule has 76 valence electrons. The van der Waals surface area contributed by atoms with Crippen LogP contribution in [-0.4, -0.2) is 6.04 Å². The summed E-state index contributed by atoms with van der Waals surface area (Å²) in [6.45, 7) is 0. The van der Waals surface area contributed by atoms with Gasteiger partial charge >= 0.3 is 0 Å². The fourth-order valence-corrected chi connectivity index (χ4v) is 3.71. The largest absolute Gasteiger partial charge is 0.381 e. The van der Waals surface area contributed by atoms with E-state index in [2.05, 4.69) is 41.7 Å². The molecular weight excluding hydrogens is 182 g/mol. The Bertz CT molecular complexity index is 435. The van der Waals surface area contributed by atoms with E-state index in [-0.39, 0.29) is 0 Å². The van der Waals surface area contributed by atoms with Crippen LogP contribution in [0.2, 0.25) is 0 Å². The smallest absolute Gasteiger partial charge is 0.0399 e. The number of fused-ring (bicyclic) bond motifs is 2. The van der Waals surface area contributed by atoms with Gasteiger partial charge in [-0.1, -0.05) is 30.4 Å². The zero-order valence-corrected chi connectivity index (χ0v) is 8.69. The molecule has 1 fully saturated rings. The van der Waals surface area contributed by atoms with Crippen LogP contribution in [0.25, 0.3) is 0 Å². The van der Waals surface area contributed by atoms with Crippen molar-refractivity contribution >= 4 is 5.69 Å². The highest BCUT2D eigenvalue weighted by Gasteiger charge is 2.45. The van der Waals surface area contributed by atoms with Crippen LogP contribution in [0.4, 0.5) is 5.69 Å². The first-order valence-electron chi connectivity index (χ1n) is 5.97. The van der Waals surface area contributed by atoms with Crippen molar-refractivity contribution in [1.82, 2.24) is 0 Å². The molecule has 1 heteroatoms. The Morgan fingerprint density at radius 3 is 2.67 bits per heavy atom. The molecule has 0 radical (unpaired) electrons. The normalized spacial score (nSPS) is 39.7. The highest BCUT2D eigenvalue weighted by Crippen LogP contribution is 2.52. The van der Waals surface area contributed by atoms with Crippen LogP contribution < -0.4 is 5.32 Å². The van der Waals surface area contributed by atoms with E-state index in [9.17, 15) is 0 Å². The van der Waals surface area contributed by atoms with E-state index in [1.165, 1.54) is 18.5 Å². The van der Waals surface area contributed by atoms with Crippen LogP contribution in [0.1, 0.15) is 24.3 Å². The second-order valence-corrected chi connectivity index (χ2v) is 5.07. The molecule has 1 saturated carbocycles. The third kappa shape index (κ3) is 0.935. The second-order valence-electron chi connectivity index (χ2n) is 5.07. The molecule has 2 bridgehead atoms. The van der Waals surface area contributed by atoms with E-state index in [4.69, 9.17) is 0 Å². The van der Waals surface area contributed by atoms with Gasteiger partial charge < -0.3 is 5.32 Å². The average Bonchev–Trinajstić information content (AvgIpc) is 2.71. The molecule has 0 amide bonds. The third-order valence-electron chi connectivity index (χ3n) is 4.39. The Labute approximate surface area is 90.2 Å². The van der Waals surface area contributed by atoms with Crippen molar-refractivity contribution < 1.29 is 0 Å². The van der Waals surface area contributed by atoms with E-state index < -0.39 is 0 Å². The minimum absolute atomic E-state index is 0.686. The lowest BCUT2D eigenvalue weighted by Crippen LogP contribution is -2.40. The molecule has 0 saturated heterocycles. The first-order chi connectivity index (χ1) is 7.43. The van der Waals surface area contributed by atoms with Crippen LogP contribution in [0.15, 0.2) is 36.4 Å². The predicted octanol–water partition coefficient (Wildman–Crippen LogP) is 3.16. The standard InChI is InChI=1S/C14H15N/c1-2-4-12-11(3-1)13-9-5-7-10(8-6-9)14(13)15-12/h1-5,7,9-10,13-15H,6,8H2/t9-,10+,13-,14-/m1/s1. The van der Waals surface area contributed by atoms with Crippen molar-refractivity contribution in [3.63, 3.8) is 0 Å². The number of anilines is 1. The van der Waals surface area contributed by atoms with Crippen LogP contribution in [0, 0.1) is 11.8 Å². The van der Waals surface area contributed by atoms with E-state index in [0.717, 1.165) is 17.8 Å². The first-order valence-corrected chi connectivity index (χ1v) is 5.97. The summed E-state index contributed by atoms with van der Waals surface area (Å²) in [6.07, 6.45) is 7.66. The zero-order chi connectivity index (χ0) is 9.83. The lowest BCUT2D eigenvalue weighted by molar-refractivity contribution is 0.268. The van der Waals surface area contributed by atoms with E-state index >= 15 is 0 Å². The predicted molar refractivity (Wildman–Crippen MR) is 61.9 cm³/mol. The Hall–Kier alpha value is -1.24. The molecule has 4 aliphatic rings. The Kier molecular flexibility index (Phi) is 1.41. The number of allylic oxidation sites excluding steroid dienone is 1. The number of rotatable bonds is 0. The number of hydrogen-bond acceptors (Lipinski definition) is 1. The fourth-order valence-electron chi connectivity index (χ4n) is 3.71. The molecule has 1 nitrogen and oxygen atoms in total. The molecule has 15 heavy (non-hydrogen) atoms. The van der Waals surface area contributed by atoms with Crippen LogP contribution in [0.5, 0.6) is 0 Å². The lowest BCUT2D eigenvalue weighted by atomic mass is 9.65. The topological polar surface area (TPSA) is 12.0 Å². The van der Waals surface area contributed by atoms with E-state index in [1.807, 2.05) is 0 Å². The lowest BCUT2D eigenvalue weighted by Gasteiger charge is -2.41. The minimum Gasteiger partial charge on any atom is -0.381 e. The molecule has 1 aliphatic heterocycles. The summed E-state index contributed by atoms with van der Waals surface area (Å²) in [4.78, 5) is 0. The van der Waals surface area contributed by atoms with Crippen LogP contribution in [0.3, 0.4) is 0 Å². The number of para-hydroxylation sites is 1. The van der Waals surface area contributed by atoms with Gasteiger partial charge in [-0.05, 0) is 36.3 Å². The maximum atomic E-state index is 3.72. The third-order valence-corrected chi connectivity index (χ3v) is 4.39. The molecular formula is C14H15N. The highest BCUT2D eigenvalue weighted by atomic mass is 15.0. The van der Waals surface area contributed by atoms with Gasteiger partial charge in [0.1, 0.15) is 0 Å². The maximum absolute atomic E-state index is 3.72. The van der Waals surface area contributed by atoms with Gasteiger partial charge in [0.15, 0.2) is 0 Å². The monoisotopic (exact) mass is 197 g/mol. The minimum atomic E-state index is 0.686. The van der Waals surface area contributed by atoms with Gasteiger partial charge in [-0.3, -0.25) is 0 Å². The van der Waals surface area contributed by atoms with Gasteiger partial charge in [0, 0.05) is 17.6 Å². The van der Waals surface area contributed by atoms with Gasteiger partial charge in [0.25, 0.3) is 0 Å². The van der Waals surface area contributed by atoms with Crippen molar-refractivity contribution in [1.29, 1.82) is 0 Å². The van der Waals surface area contributed by atoms with Gasteiger partial charge in [0.05, 0.1) is 0 Å². The van der Waals surface area contributed by atoms with Crippen molar-refractivity contribution in [2.24, 2.45) is 11.8 Å². The van der Waals surface area contributed by atoms with E-state index in [1.54, 1.807) is 5.56 Å². The van der Waals surface area contributed by atoms with Crippen molar-refractivity contribution in [3.05, 3.63) is 42.0 Å². The highest BCUT2D eigenvalue weighted by molar-refractivity contribution is 5.61. The summed E-state index contributed by atoms with van der Waals surface area (Å²) in [5, 5.41) is 3.72. The molecule has 1 aromatic carbocycles. The summed E-state index contributed by atoms with van der Waals surface area (Å²) in [5.41, 5.74) is 2.94. The molecule has 1 aromatic rings. The van der Waals surface area contributed by atoms with Crippen LogP contribution >= 0.6 is 0 Å². The molecule has 5 rings (SSSR count). The average molecular weight is 197 g/mol. The van der Waals surface area contributed by atoms with Gasteiger partial charge in [-0.25, -0.2) is 0 Å². The Balaban J connectivity index is 1.87. The quantitative estimate of drug-likeness (QED) is 0.630. The molecule has 0 aromatic heterocycles. The summed E-state index contributed by atoms with van der Waals surface area (Å²) >= 11 is 0. The summed E-state index contributed by atoms with van der Waals surface area (Å²) < 4.78 is 0. The number of benzene rings is 1. The summed E-state index contributed by atoms with van der Waals surface area (Å²) in [6, 6.07) is 9.54. The zero-order valence-electron chi connectivity index (χ0n) is 8.69. The second kappa shape index (κ2) is 2.66. The van der Waals surface area contributed by atoms with Gasteiger partial charge in [-0.2, -0.15) is 0 Å². The Morgan fingerprint density at radius 2 is 1.80 bits per heavy atom. The molecule has 1 heterocycles. The molecule has 3 aliphatic carbocycles. The van der Waals surface area contributed by atoms with Crippen molar-refractivity contribution in [2.45, 2.75) is 24.8 Å². The summed E-state index contributed by atoms with van der Waals surface area (Å²) in [7, 11) is 0. The fraction of sp³-hybridized carbons (Fsp3) is 0.429. The first kappa shape index (κ1) is 7.98. The summed E-state index contributed by atoms with van der Waals surface area (Å²) in [5.74, 6) is 2.31. The maximum Gasteiger partial charge on any atom is 0.0399 e. The number of hydrogen-bond donors (Lipinski definition) is 1. The molecule has 4 atom stereocenters. The number of nitrogens with one attached hydrogen (secondary N) is 1. The molecule has 0 spiro atoms. The molecule has 0 unspecified atom stereocenters. The van der Waals surface area contributed by atoms with Gasteiger partial charge in [-0.15, -0.1) is 0 Å². The van der Waals surface area contributed by atoms with Crippen molar-refractivity contribution in [3.8, 4) is 0 Å². The van der Waals surface area contributed by atoms with Crippen molar-refractivity contribution in [2.75, 3.05) is 5.32 Å². The SMILES string of the molecule is C1=C[C@H]2CC[C@@H]1[C@@H]1c3ccccc3N[C@@H]12.